The zero-order valence-corrected chi connectivity index (χ0v) is 15.1. The molecule has 3 aliphatic rings. The minimum atomic E-state index is -0.345. The zero-order chi connectivity index (χ0) is 17.9. The minimum Gasteiger partial charge on any atom is -0.376 e. The number of hydrogen-bond donors (Lipinski definition) is 2. The van der Waals surface area contributed by atoms with Gasteiger partial charge in [-0.1, -0.05) is 24.3 Å². The highest BCUT2D eigenvalue weighted by atomic mass is 16.5. The summed E-state index contributed by atoms with van der Waals surface area (Å²) < 4.78 is 5.56. The van der Waals surface area contributed by atoms with Crippen molar-refractivity contribution in [2.45, 2.75) is 56.8 Å². The van der Waals surface area contributed by atoms with Gasteiger partial charge in [-0.2, -0.15) is 0 Å². The SMILES string of the molecule is O=C(NCC1CCCO1)[C@@H]1CCCN1C(=O)[C@@H]1Cc2ccccc2CN1. The Morgan fingerprint density at radius 3 is 2.85 bits per heavy atom. The molecule has 0 saturated carbocycles. The predicted molar refractivity (Wildman–Crippen MR) is 97.5 cm³/mol. The van der Waals surface area contributed by atoms with E-state index in [0.717, 1.165) is 32.3 Å². The number of amides is 2. The van der Waals surface area contributed by atoms with Gasteiger partial charge in [-0.05, 0) is 43.2 Å². The molecule has 140 valence electrons. The topological polar surface area (TPSA) is 70.7 Å². The van der Waals surface area contributed by atoms with E-state index in [2.05, 4.69) is 22.8 Å². The molecular formula is C20H27N3O3. The van der Waals surface area contributed by atoms with Crippen molar-refractivity contribution in [1.82, 2.24) is 15.5 Å². The molecule has 1 aromatic rings. The fraction of sp³-hybridized carbons (Fsp3) is 0.600. The summed E-state index contributed by atoms with van der Waals surface area (Å²) in [5.74, 6) is 0.0110. The number of nitrogens with zero attached hydrogens (tertiary/aromatic N) is 1. The Hall–Kier alpha value is -1.92. The molecule has 6 heteroatoms. The average Bonchev–Trinajstić information content (AvgIpc) is 3.37. The molecule has 2 amide bonds. The van der Waals surface area contributed by atoms with Crippen LogP contribution in [0.5, 0.6) is 0 Å². The summed E-state index contributed by atoms with van der Waals surface area (Å²) in [4.78, 5) is 27.4. The third-order valence-corrected chi connectivity index (χ3v) is 5.75. The lowest BCUT2D eigenvalue weighted by Crippen LogP contribution is -2.54. The average molecular weight is 357 g/mol. The Labute approximate surface area is 154 Å². The molecule has 0 spiro atoms. The van der Waals surface area contributed by atoms with E-state index >= 15 is 0 Å². The van der Waals surface area contributed by atoms with E-state index in [1.807, 2.05) is 12.1 Å². The zero-order valence-electron chi connectivity index (χ0n) is 15.1. The summed E-state index contributed by atoms with van der Waals surface area (Å²) in [6, 6.07) is 7.65. The van der Waals surface area contributed by atoms with E-state index in [1.165, 1.54) is 11.1 Å². The highest BCUT2D eigenvalue weighted by molar-refractivity contribution is 5.90. The standard InChI is InChI=1S/C20H27N3O3/c24-19(22-13-16-7-4-10-26-16)18-8-3-9-23(18)20(25)17-11-14-5-1-2-6-15(14)12-21-17/h1-2,5-6,16-18,21H,3-4,7-13H2,(H,22,24)/t16?,17-,18-/m0/s1. The highest BCUT2D eigenvalue weighted by Crippen LogP contribution is 2.23. The van der Waals surface area contributed by atoms with E-state index in [0.29, 0.717) is 26.1 Å². The molecule has 0 bridgehead atoms. The first kappa shape index (κ1) is 17.5. The molecule has 3 aliphatic heterocycles. The number of carbonyl (C=O) groups is 2. The van der Waals surface area contributed by atoms with Crippen molar-refractivity contribution in [1.29, 1.82) is 0 Å². The molecule has 0 aliphatic carbocycles. The van der Waals surface area contributed by atoms with Gasteiger partial charge in [0.05, 0.1) is 12.1 Å². The maximum Gasteiger partial charge on any atom is 0.242 e. The van der Waals surface area contributed by atoms with Crippen LogP contribution in [-0.2, 0) is 27.3 Å². The number of likely N-dealkylation sites (tertiary alicyclic amines) is 1. The molecule has 0 radical (unpaired) electrons. The van der Waals surface area contributed by atoms with Crippen molar-refractivity contribution in [3.05, 3.63) is 35.4 Å². The summed E-state index contributed by atoms with van der Waals surface area (Å²) >= 11 is 0. The molecule has 3 heterocycles. The van der Waals surface area contributed by atoms with Crippen LogP contribution in [0.1, 0.15) is 36.8 Å². The van der Waals surface area contributed by atoms with Crippen molar-refractivity contribution < 1.29 is 14.3 Å². The van der Waals surface area contributed by atoms with Gasteiger partial charge in [0.25, 0.3) is 0 Å². The second-order valence-electron chi connectivity index (χ2n) is 7.48. The number of carbonyl (C=O) groups excluding carboxylic acids is 2. The summed E-state index contributed by atoms with van der Waals surface area (Å²) in [6.07, 6.45) is 4.50. The van der Waals surface area contributed by atoms with Crippen LogP contribution in [0.15, 0.2) is 24.3 Å². The molecule has 2 fully saturated rings. The quantitative estimate of drug-likeness (QED) is 0.843. The smallest absolute Gasteiger partial charge is 0.242 e. The Morgan fingerprint density at radius 1 is 1.19 bits per heavy atom. The third kappa shape index (κ3) is 3.62. The largest absolute Gasteiger partial charge is 0.376 e. The van der Waals surface area contributed by atoms with Crippen LogP contribution in [0.3, 0.4) is 0 Å². The van der Waals surface area contributed by atoms with Gasteiger partial charge >= 0.3 is 0 Å². The second-order valence-corrected chi connectivity index (χ2v) is 7.48. The lowest BCUT2D eigenvalue weighted by atomic mass is 9.95. The maximum atomic E-state index is 13.0. The first-order chi connectivity index (χ1) is 12.7. The summed E-state index contributed by atoms with van der Waals surface area (Å²) in [5.41, 5.74) is 2.48. The number of nitrogens with one attached hydrogen (secondary N) is 2. The van der Waals surface area contributed by atoms with E-state index in [4.69, 9.17) is 4.74 Å². The van der Waals surface area contributed by atoms with Crippen LogP contribution in [-0.4, -0.2) is 54.6 Å². The molecule has 2 N–H and O–H groups in total. The molecular weight excluding hydrogens is 330 g/mol. The monoisotopic (exact) mass is 357 g/mol. The van der Waals surface area contributed by atoms with Gasteiger partial charge in [0.15, 0.2) is 0 Å². The normalized spacial score (nSPS) is 28.0. The number of hydrogen-bond acceptors (Lipinski definition) is 4. The van der Waals surface area contributed by atoms with Crippen molar-refractivity contribution in [2.75, 3.05) is 19.7 Å². The second kappa shape index (κ2) is 7.76. The number of benzene rings is 1. The van der Waals surface area contributed by atoms with Crippen LogP contribution in [0.4, 0.5) is 0 Å². The van der Waals surface area contributed by atoms with Gasteiger partial charge in [0, 0.05) is 26.2 Å². The molecule has 4 rings (SSSR count). The predicted octanol–water partition coefficient (Wildman–Crippen LogP) is 0.987. The first-order valence-electron chi connectivity index (χ1n) is 9.72. The number of ether oxygens (including phenoxy) is 1. The van der Waals surface area contributed by atoms with Crippen LogP contribution >= 0.6 is 0 Å². The van der Waals surface area contributed by atoms with E-state index in [1.54, 1.807) is 4.90 Å². The van der Waals surface area contributed by atoms with Gasteiger partial charge in [0.2, 0.25) is 11.8 Å². The fourth-order valence-corrected chi connectivity index (χ4v) is 4.27. The van der Waals surface area contributed by atoms with Gasteiger partial charge in [0.1, 0.15) is 6.04 Å². The Balaban J connectivity index is 1.36. The van der Waals surface area contributed by atoms with Gasteiger partial charge in [-0.25, -0.2) is 0 Å². The summed E-state index contributed by atoms with van der Waals surface area (Å²) in [5, 5.41) is 6.34. The van der Waals surface area contributed by atoms with Gasteiger partial charge in [-0.15, -0.1) is 0 Å². The first-order valence-corrected chi connectivity index (χ1v) is 9.72. The summed E-state index contributed by atoms with van der Waals surface area (Å²) in [6.45, 7) is 2.70. The Kier molecular flexibility index (Phi) is 5.22. The van der Waals surface area contributed by atoms with Gasteiger partial charge < -0.3 is 20.3 Å². The number of fused-ring (bicyclic) bond motifs is 1. The summed E-state index contributed by atoms with van der Waals surface area (Å²) in [7, 11) is 0. The van der Waals surface area contributed by atoms with E-state index in [9.17, 15) is 9.59 Å². The number of rotatable bonds is 4. The molecule has 0 aromatic heterocycles. The van der Waals surface area contributed by atoms with Crippen molar-refractivity contribution in [3.63, 3.8) is 0 Å². The van der Waals surface area contributed by atoms with Crippen LogP contribution in [0.2, 0.25) is 0 Å². The van der Waals surface area contributed by atoms with E-state index < -0.39 is 0 Å². The molecule has 3 atom stereocenters. The fourth-order valence-electron chi connectivity index (χ4n) is 4.27. The minimum absolute atomic E-state index is 0.0393. The highest BCUT2D eigenvalue weighted by Gasteiger charge is 2.38. The van der Waals surface area contributed by atoms with Crippen LogP contribution in [0.25, 0.3) is 0 Å². The molecule has 1 unspecified atom stereocenters. The lowest BCUT2D eigenvalue weighted by molar-refractivity contribution is -0.140. The maximum absolute atomic E-state index is 13.0. The van der Waals surface area contributed by atoms with E-state index in [-0.39, 0.29) is 30.0 Å². The van der Waals surface area contributed by atoms with Gasteiger partial charge in [-0.3, -0.25) is 9.59 Å². The third-order valence-electron chi connectivity index (χ3n) is 5.75. The molecule has 2 saturated heterocycles. The van der Waals surface area contributed by atoms with Crippen molar-refractivity contribution in [3.8, 4) is 0 Å². The molecule has 1 aromatic carbocycles. The lowest BCUT2D eigenvalue weighted by Gasteiger charge is -2.31. The van der Waals surface area contributed by atoms with Crippen molar-refractivity contribution in [2.24, 2.45) is 0 Å². The Morgan fingerprint density at radius 2 is 2.04 bits per heavy atom. The Bertz CT molecular complexity index is 672. The van der Waals surface area contributed by atoms with Crippen molar-refractivity contribution >= 4 is 11.8 Å². The molecule has 6 nitrogen and oxygen atoms in total. The molecule has 26 heavy (non-hydrogen) atoms. The van der Waals surface area contributed by atoms with Crippen LogP contribution < -0.4 is 10.6 Å². The van der Waals surface area contributed by atoms with Crippen LogP contribution in [0, 0.1) is 0 Å².